The van der Waals surface area contributed by atoms with E-state index in [1.54, 1.807) is 12.1 Å². The van der Waals surface area contributed by atoms with Gasteiger partial charge in [0.2, 0.25) is 0 Å². The van der Waals surface area contributed by atoms with Crippen LogP contribution >= 0.6 is 11.6 Å². The Kier molecular flexibility index (Phi) is 5.31. The molecule has 0 spiro atoms. The molecule has 2 N–H and O–H groups in total. The summed E-state index contributed by atoms with van der Waals surface area (Å²) in [6.45, 7) is 3.41. The van der Waals surface area contributed by atoms with Gasteiger partial charge < -0.3 is 10.6 Å². The Labute approximate surface area is 142 Å². The first-order valence-corrected chi connectivity index (χ1v) is 8.47. The van der Waals surface area contributed by atoms with Crippen molar-refractivity contribution in [1.29, 1.82) is 0 Å². The highest BCUT2D eigenvalue weighted by Crippen LogP contribution is 2.32. The fourth-order valence-electron chi connectivity index (χ4n) is 3.50. The SMILES string of the molecule is NC[C@@H]1CN(CCc2c(F)cccc2Cl)C[C@H]1c1ccccc1. The van der Waals surface area contributed by atoms with Gasteiger partial charge in [0.15, 0.2) is 0 Å². The second kappa shape index (κ2) is 7.43. The van der Waals surface area contributed by atoms with Crippen molar-refractivity contribution in [1.82, 2.24) is 4.90 Å². The van der Waals surface area contributed by atoms with E-state index >= 15 is 0 Å². The maximum atomic E-state index is 13.9. The molecule has 1 heterocycles. The Morgan fingerprint density at radius 1 is 1.09 bits per heavy atom. The quantitative estimate of drug-likeness (QED) is 0.904. The summed E-state index contributed by atoms with van der Waals surface area (Å²) in [5.74, 6) is 0.692. The zero-order valence-corrected chi connectivity index (χ0v) is 13.8. The molecule has 2 aromatic rings. The Hall–Kier alpha value is -1.42. The van der Waals surface area contributed by atoms with Crippen LogP contribution in [-0.4, -0.2) is 31.1 Å². The molecule has 0 unspecified atom stereocenters. The van der Waals surface area contributed by atoms with Crippen molar-refractivity contribution in [3.05, 3.63) is 70.5 Å². The van der Waals surface area contributed by atoms with Gasteiger partial charge in [-0.15, -0.1) is 0 Å². The van der Waals surface area contributed by atoms with E-state index in [2.05, 4.69) is 29.2 Å². The normalized spacial score (nSPS) is 21.7. The largest absolute Gasteiger partial charge is 0.330 e. The van der Waals surface area contributed by atoms with Gasteiger partial charge >= 0.3 is 0 Å². The zero-order valence-electron chi connectivity index (χ0n) is 13.1. The molecule has 0 aromatic heterocycles. The molecule has 4 heteroatoms. The highest BCUT2D eigenvalue weighted by Gasteiger charge is 2.32. The smallest absolute Gasteiger partial charge is 0.127 e. The highest BCUT2D eigenvalue weighted by atomic mass is 35.5. The monoisotopic (exact) mass is 332 g/mol. The van der Waals surface area contributed by atoms with Crippen molar-refractivity contribution in [3.8, 4) is 0 Å². The fraction of sp³-hybridized carbons (Fsp3) is 0.368. The lowest BCUT2D eigenvalue weighted by molar-refractivity contribution is 0.327. The molecule has 1 aliphatic heterocycles. The van der Waals surface area contributed by atoms with Gasteiger partial charge in [-0.05, 0) is 36.6 Å². The van der Waals surface area contributed by atoms with Crippen LogP contribution in [0.15, 0.2) is 48.5 Å². The lowest BCUT2D eigenvalue weighted by atomic mass is 9.89. The second-order valence-electron chi connectivity index (χ2n) is 6.22. The van der Waals surface area contributed by atoms with E-state index in [1.165, 1.54) is 11.6 Å². The summed E-state index contributed by atoms with van der Waals surface area (Å²) in [6, 6.07) is 15.4. The lowest BCUT2D eigenvalue weighted by Crippen LogP contribution is -2.25. The molecule has 2 nitrogen and oxygen atoms in total. The second-order valence-corrected chi connectivity index (χ2v) is 6.63. The third kappa shape index (κ3) is 3.74. The number of rotatable bonds is 5. The molecule has 23 heavy (non-hydrogen) atoms. The number of nitrogens with two attached hydrogens (primary N) is 1. The van der Waals surface area contributed by atoms with Gasteiger partial charge in [-0.1, -0.05) is 48.0 Å². The minimum absolute atomic E-state index is 0.216. The Morgan fingerprint density at radius 3 is 2.57 bits per heavy atom. The molecular formula is C19H22ClFN2. The molecule has 122 valence electrons. The summed E-state index contributed by atoms with van der Waals surface area (Å²) in [6.07, 6.45) is 0.629. The molecule has 0 amide bonds. The fourth-order valence-corrected chi connectivity index (χ4v) is 3.76. The molecule has 0 bridgehead atoms. The molecule has 1 saturated heterocycles. The standard InChI is InChI=1S/C19H22ClFN2/c20-18-7-4-8-19(21)16(18)9-10-23-12-15(11-22)17(13-23)14-5-2-1-3-6-14/h1-8,15,17H,9-13,22H2/t15-,17+/m1/s1. The highest BCUT2D eigenvalue weighted by molar-refractivity contribution is 6.31. The van der Waals surface area contributed by atoms with E-state index in [1.807, 2.05) is 6.07 Å². The minimum atomic E-state index is -0.216. The van der Waals surface area contributed by atoms with Gasteiger partial charge in [-0.25, -0.2) is 4.39 Å². The number of benzene rings is 2. The van der Waals surface area contributed by atoms with Crippen molar-refractivity contribution in [2.45, 2.75) is 12.3 Å². The number of nitrogens with zero attached hydrogens (tertiary/aromatic N) is 1. The maximum Gasteiger partial charge on any atom is 0.127 e. The van der Waals surface area contributed by atoms with Crippen LogP contribution in [0.2, 0.25) is 5.02 Å². The van der Waals surface area contributed by atoms with Crippen molar-refractivity contribution in [2.24, 2.45) is 11.7 Å². The van der Waals surface area contributed by atoms with E-state index in [-0.39, 0.29) is 5.82 Å². The molecule has 0 saturated carbocycles. The predicted molar refractivity (Wildman–Crippen MR) is 93.3 cm³/mol. The van der Waals surface area contributed by atoms with Gasteiger partial charge in [0.05, 0.1) is 0 Å². The molecule has 2 atom stereocenters. The van der Waals surface area contributed by atoms with E-state index in [4.69, 9.17) is 17.3 Å². The first-order chi connectivity index (χ1) is 11.2. The van der Waals surface area contributed by atoms with Crippen LogP contribution in [0.4, 0.5) is 4.39 Å². The van der Waals surface area contributed by atoms with E-state index in [0.717, 1.165) is 19.6 Å². The molecule has 1 aliphatic rings. The molecule has 0 aliphatic carbocycles. The summed E-state index contributed by atoms with van der Waals surface area (Å²) in [4.78, 5) is 2.37. The third-order valence-electron chi connectivity index (χ3n) is 4.79. The average Bonchev–Trinajstić information content (AvgIpc) is 2.98. The number of likely N-dealkylation sites (tertiary alicyclic amines) is 1. The van der Waals surface area contributed by atoms with Crippen molar-refractivity contribution in [3.63, 3.8) is 0 Å². The van der Waals surface area contributed by atoms with Gasteiger partial charge in [0.25, 0.3) is 0 Å². The molecular weight excluding hydrogens is 311 g/mol. The van der Waals surface area contributed by atoms with Crippen LogP contribution in [0.3, 0.4) is 0 Å². The number of hydrogen-bond donors (Lipinski definition) is 1. The first-order valence-electron chi connectivity index (χ1n) is 8.09. The third-order valence-corrected chi connectivity index (χ3v) is 5.14. The zero-order chi connectivity index (χ0) is 16.2. The Balaban J connectivity index is 1.66. The topological polar surface area (TPSA) is 29.3 Å². The van der Waals surface area contributed by atoms with Gasteiger partial charge in [-0.2, -0.15) is 0 Å². The van der Waals surface area contributed by atoms with Crippen LogP contribution in [0.25, 0.3) is 0 Å². The Morgan fingerprint density at radius 2 is 1.87 bits per heavy atom. The van der Waals surface area contributed by atoms with Gasteiger partial charge in [0, 0.05) is 36.1 Å². The number of halogens is 2. The van der Waals surface area contributed by atoms with E-state index in [9.17, 15) is 4.39 Å². The van der Waals surface area contributed by atoms with Crippen LogP contribution in [0.1, 0.15) is 17.0 Å². The van der Waals surface area contributed by atoms with Crippen LogP contribution in [0.5, 0.6) is 0 Å². The van der Waals surface area contributed by atoms with Crippen molar-refractivity contribution >= 4 is 11.6 Å². The molecule has 0 radical (unpaired) electrons. The summed E-state index contributed by atoms with van der Waals surface area (Å²) >= 11 is 6.12. The summed E-state index contributed by atoms with van der Waals surface area (Å²) in [5.41, 5.74) is 7.93. The molecule has 1 fully saturated rings. The van der Waals surface area contributed by atoms with E-state index in [0.29, 0.717) is 35.4 Å². The number of hydrogen-bond acceptors (Lipinski definition) is 2. The first kappa shape index (κ1) is 16.4. The summed E-state index contributed by atoms with van der Waals surface area (Å²) in [7, 11) is 0. The molecule has 3 rings (SSSR count). The van der Waals surface area contributed by atoms with Crippen LogP contribution in [-0.2, 0) is 6.42 Å². The van der Waals surface area contributed by atoms with E-state index < -0.39 is 0 Å². The predicted octanol–water partition coefficient (Wildman–Crippen LogP) is 3.70. The van der Waals surface area contributed by atoms with Crippen LogP contribution < -0.4 is 5.73 Å². The van der Waals surface area contributed by atoms with Crippen molar-refractivity contribution in [2.75, 3.05) is 26.2 Å². The summed E-state index contributed by atoms with van der Waals surface area (Å²) in [5, 5.41) is 0.513. The van der Waals surface area contributed by atoms with Gasteiger partial charge in [0.1, 0.15) is 5.82 Å². The van der Waals surface area contributed by atoms with Crippen molar-refractivity contribution < 1.29 is 4.39 Å². The Bertz CT molecular complexity index is 627. The summed E-state index contributed by atoms with van der Waals surface area (Å²) < 4.78 is 13.9. The minimum Gasteiger partial charge on any atom is -0.330 e. The lowest BCUT2D eigenvalue weighted by Gasteiger charge is -2.17. The van der Waals surface area contributed by atoms with Gasteiger partial charge in [-0.3, -0.25) is 0 Å². The molecule has 2 aromatic carbocycles. The maximum absolute atomic E-state index is 13.9. The average molecular weight is 333 g/mol. The van der Waals surface area contributed by atoms with Crippen LogP contribution in [0, 0.1) is 11.7 Å².